The van der Waals surface area contributed by atoms with Crippen molar-refractivity contribution in [3.05, 3.63) is 148 Å². The number of likely N-dealkylation sites (N-methyl/N-ethyl adjacent to an activating group) is 2. The second kappa shape index (κ2) is 41.7. The van der Waals surface area contributed by atoms with Crippen LogP contribution in [0.2, 0.25) is 5.02 Å². The van der Waals surface area contributed by atoms with Gasteiger partial charge in [-0.25, -0.2) is 9.59 Å². The van der Waals surface area contributed by atoms with E-state index in [-0.39, 0.29) is 92.2 Å². The number of phenolic OH excluding ortho intramolecular Hbond substituents is 1. The molecule has 4 fully saturated rings. The zero-order chi connectivity index (χ0) is 86.2. The van der Waals surface area contributed by atoms with Crippen LogP contribution < -0.4 is 47.3 Å². The first-order valence-corrected chi connectivity index (χ1v) is 43.1. The lowest BCUT2D eigenvalue weighted by Crippen LogP contribution is -2.63. The van der Waals surface area contributed by atoms with Gasteiger partial charge in [-0.3, -0.25) is 43.7 Å². The number of nitrogens with two attached hydrogens (primary N) is 1. The maximum Gasteiger partial charge on any atom is 0.409 e. The molecular formula is C85H113ClN12O19S2. The molecule has 5 aliphatic rings. The van der Waals surface area contributed by atoms with E-state index in [1.54, 1.807) is 108 Å². The summed E-state index contributed by atoms with van der Waals surface area (Å²) < 4.78 is 29.9. The maximum absolute atomic E-state index is 15.4. The number of benzene rings is 4. The summed E-state index contributed by atoms with van der Waals surface area (Å²) in [7, 11) is 10.4. The monoisotopic (exact) mass is 1700 g/mol. The normalized spacial score (nSPS) is 27.8. The number of aromatic hydroxyl groups is 1. The van der Waals surface area contributed by atoms with Gasteiger partial charge in [0.1, 0.15) is 89.0 Å². The molecule has 4 aromatic carbocycles. The van der Waals surface area contributed by atoms with E-state index < -0.39 is 144 Å². The minimum absolute atomic E-state index is 0.0297. The number of anilines is 1. The number of fused-ring (bicyclic) bond motifs is 6. The lowest BCUT2D eigenvalue weighted by molar-refractivity contribution is -0.162. The van der Waals surface area contributed by atoms with E-state index >= 15 is 14.4 Å². The number of ether oxygens (including phenoxy) is 5. The number of allylic oxidation sites excluding steroid dienone is 3. The minimum atomic E-state index is -1.90. The number of aromatic nitrogens is 1. The number of epoxide rings is 1. The number of phenols is 1. The van der Waals surface area contributed by atoms with Gasteiger partial charge in [0.2, 0.25) is 47.3 Å². The van der Waals surface area contributed by atoms with E-state index in [0.717, 1.165) is 26.9 Å². The molecule has 34 heteroatoms. The lowest BCUT2D eigenvalue weighted by atomic mass is 9.83. The Morgan fingerprint density at radius 2 is 1.45 bits per heavy atom. The molecule has 9 amide bonds. The Balaban J connectivity index is 0.810. The van der Waals surface area contributed by atoms with Crippen LogP contribution in [0.15, 0.2) is 121 Å². The van der Waals surface area contributed by atoms with Gasteiger partial charge in [-0.2, -0.15) is 0 Å². The molecule has 5 aromatic rings. The molecule has 13 N–H and O–H groups in total. The summed E-state index contributed by atoms with van der Waals surface area (Å²) in [4.78, 5) is 155. The number of likely N-dealkylation sites (tertiary alicyclic amines) is 1. The summed E-state index contributed by atoms with van der Waals surface area (Å²) in [6.07, 6.45) is 0.345. The third-order valence-corrected chi connectivity index (χ3v) is 26.5. The smallest absolute Gasteiger partial charge is 0.409 e. The highest BCUT2D eigenvalue weighted by atomic mass is 35.5. The number of carbonyl (C=O) groups excluding carboxylic acids is 10. The van der Waals surface area contributed by atoms with Crippen molar-refractivity contribution >= 4 is 109 Å². The first kappa shape index (κ1) is 91.8. The van der Waals surface area contributed by atoms with Crippen molar-refractivity contribution in [2.75, 3.05) is 65.6 Å². The Morgan fingerprint density at radius 1 is 0.798 bits per heavy atom. The van der Waals surface area contributed by atoms with Crippen LogP contribution >= 0.6 is 33.2 Å². The molecule has 0 spiro atoms. The number of nitrogens with one attached hydrogen (secondary N) is 7. The topological polar surface area (TPSA) is 428 Å². The molecule has 1 unspecified atom stereocenters. The van der Waals surface area contributed by atoms with Gasteiger partial charge in [-0.05, 0) is 132 Å². The van der Waals surface area contributed by atoms with E-state index in [0.29, 0.717) is 79.1 Å². The summed E-state index contributed by atoms with van der Waals surface area (Å²) in [5.41, 5.74) is 7.22. The molecule has 0 saturated carbocycles. The van der Waals surface area contributed by atoms with Crippen LogP contribution in [0.1, 0.15) is 121 Å². The molecule has 5 aliphatic heterocycles. The SMILES string of the molecule is COc1cc2cc(c1Cl)N(C)C(O)C[C@H](OC(=O)[C@H](C)N(C)C(=O)CCSSC1CCN(C(=O)CC[C@H]3C(=O)N[C@@H](Cc4ccc(O)cc4)C(=O)N[C@H](Cc4c[nH]c5ccccc45)C(=O)N[C@@H](CCCCN)C(=O)N[C@@H]([C@@H](C)O)C(=O)N[C@@H](Cc4ccccc4)C(=O)N3C)CC1)[C@]1(C)O[C@H]1[C@H](C)[C@@H]1C[C@@](O)(NC(=O)O1)[C@H](OC)/C=C/C=C(\C)C2. The number of halogens is 1. The predicted molar refractivity (Wildman–Crippen MR) is 450 cm³/mol. The second-order valence-electron chi connectivity index (χ2n) is 31.7. The Hall–Kier alpha value is -9.45. The van der Waals surface area contributed by atoms with Crippen LogP contribution in [0.5, 0.6) is 11.5 Å². The van der Waals surface area contributed by atoms with Gasteiger partial charge >= 0.3 is 12.1 Å². The van der Waals surface area contributed by atoms with Crippen molar-refractivity contribution in [1.29, 1.82) is 0 Å². The van der Waals surface area contributed by atoms with Gasteiger partial charge < -0.3 is 101 Å². The van der Waals surface area contributed by atoms with Crippen molar-refractivity contribution in [1.82, 2.24) is 51.6 Å². The van der Waals surface area contributed by atoms with Crippen LogP contribution in [0, 0.1) is 5.92 Å². The standard InChI is InChI=1S/C85H113ClN12O19S2/c1-48-19-18-25-68(114-10)85(112)46-67(115-83(111)94-85)49(2)75-84(5,117-75)69(45-72(103)96(7)65-42-54(39-48)43-66(113-9)73(65)86)116-82(110)50(3)95(6)70(101)34-38-118-119-57-32-36-98(37-33-57)71(102)31-30-64-79(107)91-61(40-53-26-28-56(100)29-27-53)77(105)90-62(44-55-47-88-59-23-15-14-22-58(55)59)78(106)89-60(24-16-17-35-87)76(104)93-74(51(4)99)80(108)92-63(81(109)97(64)8)41-52-20-12-11-13-21-52/h11-15,18-23,25-29,42-43,47,49-51,57,60-64,67-69,72,74-75,88,99-100,103,112H,16-17,24,30-41,44-46,87H2,1-10H3,(H,89,106)(H,90,105)(H,91,107)(H,92,108)(H,93,104)(H,94,111)/b25-18+,48-19+/t49-,50+,51-,60+,61+,62-,63+,64+,67+,68-,69+,72?,74+,75+,84+,85+/m1/s1. The molecule has 0 aliphatic carbocycles. The largest absolute Gasteiger partial charge is 0.508 e. The van der Waals surface area contributed by atoms with Crippen LogP contribution in [0.4, 0.5) is 10.5 Å². The summed E-state index contributed by atoms with van der Waals surface area (Å²) >= 11 is 6.94. The highest BCUT2D eigenvalue weighted by Gasteiger charge is 2.64. The molecular weight excluding hydrogens is 1590 g/mol. The number of H-pyrrole nitrogens is 1. The molecule has 16 atom stereocenters. The molecule has 1 aromatic heterocycles. The summed E-state index contributed by atoms with van der Waals surface area (Å²) in [6.45, 7) is 9.14. The van der Waals surface area contributed by atoms with E-state index in [1.807, 2.05) is 43.3 Å². The number of amides is 9. The average molecular weight is 1710 g/mol. The van der Waals surface area contributed by atoms with E-state index in [4.69, 9.17) is 41.0 Å². The number of hydrogen-bond donors (Lipinski definition) is 12. The first-order valence-electron chi connectivity index (χ1n) is 40.3. The number of piperidine rings is 1. The number of aliphatic hydroxyl groups excluding tert-OH is 2. The Morgan fingerprint density at radius 3 is 2.13 bits per heavy atom. The molecule has 10 rings (SSSR count). The third kappa shape index (κ3) is 23.6. The van der Waals surface area contributed by atoms with Crippen molar-refractivity contribution in [3.63, 3.8) is 0 Å². The van der Waals surface area contributed by atoms with Crippen molar-refractivity contribution in [2.45, 2.75) is 220 Å². The van der Waals surface area contributed by atoms with Crippen molar-refractivity contribution in [2.24, 2.45) is 11.7 Å². The number of alkyl carbamates (subject to hydrolysis) is 1. The molecule has 31 nitrogen and oxygen atoms in total. The van der Waals surface area contributed by atoms with Crippen LogP contribution in [-0.2, 0) is 87.8 Å². The van der Waals surface area contributed by atoms with E-state index in [2.05, 4.69) is 36.9 Å². The Kier molecular flexibility index (Phi) is 32.2. The fourth-order valence-electron chi connectivity index (χ4n) is 15.7. The van der Waals surface area contributed by atoms with Crippen molar-refractivity contribution in [3.8, 4) is 11.5 Å². The van der Waals surface area contributed by atoms with Gasteiger partial charge in [-0.1, -0.05) is 125 Å². The molecule has 4 bridgehead atoms. The van der Waals surface area contributed by atoms with E-state index in [9.17, 15) is 54.0 Å². The zero-order valence-electron chi connectivity index (χ0n) is 68.8. The molecule has 4 saturated heterocycles. The number of aliphatic hydroxyl groups is 3. The highest BCUT2D eigenvalue weighted by Crippen LogP contribution is 2.50. The summed E-state index contributed by atoms with van der Waals surface area (Å²) in [5, 5.41) is 63.1. The number of rotatable bonds is 24. The van der Waals surface area contributed by atoms with Gasteiger partial charge in [-0.15, -0.1) is 0 Å². The fraction of sp³-hybridized carbons (Fsp3) is 0.529. The number of hydrogen-bond acceptors (Lipinski definition) is 23. The number of unbranched alkanes of at least 4 members (excludes halogenated alkanes) is 1. The number of para-hydroxylation sites is 1. The quantitative estimate of drug-likeness (QED) is 0.0156. The van der Waals surface area contributed by atoms with Crippen LogP contribution in [0.25, 0.3) is 10.9 Å². The first-order chi connectivity index (χ1) is 56.7. The van der Waals surface area contributed by atoms with Crippen LogP contribution in [0.3, 0.4) is 0 Å². The lowest BCUT2D eigenvalue weighted by Gasteiger charge is -2.42. The maximum atomic E-state index is 15.4. The average Bonchev–Trinajstić information content (AvgIpc) is 1.57. The van der Waals surface area contributed by atoms with Crippen LogP contribution in [-0.4, -0.2) is 256 Å². The van der Waals surface area contributed by atoms with Gasteiger partial charge in [0, 0.05) is 120 Å². The minimum Gasteiger partial charge on any atom is -0.508 e. The number of carbonyl (C=O) groups is 10. The van der Waals surface area contributed by atoms with Crippen molar-refractivity contribution < 1.29 is 92.1 Å². The molecule has 0 radical (unpaired) electrons. The molecule has 646 valence electrons. The second-order valence-corrected chi connectivity index (χ2v) is 34.9. The Labute approximate surface area is 706 Å². The van der Waals surface area contributed by atoms with Gasteiger partial charge in [0.25, 0.3) is 0 Å². The fourth-order valence-corrected chi connectivity index (χ4v) is 18.6. The number of esters is 1. The number of methoxy groups -OCH3 is 2. The van der Waals surface area contributed by atoms with Gasteiger partial charge in [0.15, 0.2) is 5.72 Å². The van der Waals surface area contributed by atoms with Gasteiger partial charge in [0.05, 0.1) is 25.0 Å². The predicted octanol–water partition coefficient (Wildman–Crippen LogP) is 5.54. The Bertz CT molecular complexity index is 4480. The summed E-state index contributed by atoms with van der Waals surface area (Å²) in [6, 6.07) is 15.6. The molecule has 119 heavy (non-hydrogen) atoms. The zero-order valence-corrected chi connectivity index (χ0v) is 71.2. The van der Waals surface area contributed by atoms with E-state index in [1.165, 1.54) is 70.0 Å². The highest BCUT2D eigenvalue weighted by molar-refractivity contribution is 8.76. The summed E-state index contributed by atoms with van der Waals surface area (Å²) in [5.74, 6) is -6.55. The molecule has 6 heterocycles. The third-order valence-electron chi connectivity index (χ3n) is 23.1. The number of aromatic amines is 1. The number of nitrogens with zero attached hydrogens (tertiary/aromatic N) is 4.